The van der Waals surface area contributed by atoms with E-state index in [0.29, 0.717) is 6.54 Å². The number of rotatable bonds is 5. The van der Waals surface area contributed by atoms with Crippen LogP contribution in [0.5, 0.6) is 0 Å². The molecule has 3 aromatic rings. The number of hydrogen-bond acceptors (Lipinski definition) is 3. The highest BCUT2D eigenvalue weighted by atomic mass is 15.1. The number of H-pyrrole nitrogens is 1. The van der Waals surface area contributed by atoms with Gasteiger partial charge in [-0.05, 0) is 26.0 Å². The molecule has 0 aliphatic heterocycles. The van der Waals surface area contributed by atoms with E-state index in [4.69, 9.17) is 4.98 Å². The van der Waals surface area contributed by atoms with E-state index in [9.17, 15) is 0 Å². The highest BCUT2D eigenvalue weighted by Crippen LogP contribution is 2.20. The van der Waals surface area contributed by atoms with Gasteiger partial charge in [0.25, 0.3) is 0 Å². The number of nitrogens with one attached hydrogen (secondary N) is 2. The van der Waals surface area contributed by atoms with Crippen LogP contribution >= 0.6 is 0 Å². The Bertz CT molecular complexity index is 683. The van der Waals surface area contributed by atoms with Crippen LogP contribution in [0.4, 0.5) is 0 Å². The lowest BCUT2D eigenvalue weighted by molar-refractivity contribution is 0.513. The predicted octanol–water partition coefficient (Wildman–Crippen LogP) is 2.63. The molecule has 1 atom stereocenters. The van der Waals surface area contributed by atoms with Crippen molar-refractivity contribution in [2.24, 2.45) is 0 Å². The van der Waals surface area contributed by atoms with Crippen molar-refractivity contribution in [3.63, 3.8) is 0 Å². The number of benzene rings is 1. The maximum atomic E-state index is 4.75. The van der Waals surface area contributed by atoms with Gasteiger partial charge in [-0.15, -0.1) is 0 Å². The summed E-state index contributed by atoms with van der Waals surface area (Å²) in [4.78, 5) is 12.1. The minimum absolute atomic E-state index is 0.174. The highest BCUT2D eigenvalue weighted by Gasteiger charge is 2.15. The Morgan fingerprint density at radius 1 is 1.35 bits per heavy atom. The predicted molar refractivity (Wildman–Crippen MR) is 79.2 cm³/mol. The summed E-state index contributed by atoms with van der Waals surface area (Å²) in [5.74, 6) is 2.01. The molecular weight excluding hydrogens is 250 g/mol. The van der Waals surface area contributed by atoms with Crippen LogP contribution in [0.1, 0.15) is 31.5 Å². The van der Waals surface area contributed by atoms with Crippen molar-refractivity contribution in [1.82, 2.24) is 24.8 Å². The average molecular weight is 269 g/mol. The zero-order chi connectivity index (χ0) is 13.9. The van der Waals surface area contributed by atoms with Crippen molar-refractivity contribution in [2.45, 2.75) is 33.0 Å². The van der Waals surface area contributed by atoms with Crippen LogP contribution in [0, 0.1) is 0 Å². The maximum Gasteiger partial charge on any atom is 0.126 e. The highest BCUT2D eigenvalue weighted by molar-refractivity contribution is 5.76. The SMILES string of the molecule is CCn1c(C(C)NCc2ncc[nH]2)nc2ccccc21. The lowest BCUT2D eigenvalue weighted by Crippen LogP contribution is -2.22. The normalized spacial score (nSPS) is 12.9. The zero-order valence-corrected chi connectivity index (χ0v) is 11.8. The number of nitrogens with zero attached hydrogens (tertiary/aromatic N) is 3. The minimum Gasteiger partial charge on any atom is -0.348 e. The molecule has 0 spiro atoms. The van der Waals surface area contributed by atoms with Gasteiger partial charge in [0.15, 0.2) is 0 Å². The monoisotopic (exact) mass is 269 g/mol. The van der Waals surface area contributed by atoms with E-state index in [1.807, 2.05) is 12.3 Å². The summed E-state index contributed by atoms with van der Waals surface area (Å²) >= 11 is 0. The summed E-state index contributed by atoms with van der Waals surface area (Å²) in [7, 11) is 0. The summed E-state index contributed by atoms with van der Waals surface area (Å²) in [6, 6.07) is 8.44. The molecule has 0 bridgehead atoms. The first-order valence-corrected chi connectivity index (χ1v) is 6.96. The van der Waals surface area contributed by atoms with E-state index < -0.39 is 0 Å². The minimum atomic E-state index is 0.174. The van der Waals surface area contributed by atoms with E-state index in [1.165, 1.54) is 5.52 Å². The Labute approximate surface area is 118 Å². The van der Waals surface area contributed by atoms with E-state index >= 15 is 0 Å². The number of para-hydroxylation sites is 2. The van der Waals surface area contributed by atoms with Gasteiger partial charge < -0.3 is 14.9 Å². The van der Waals surface area contributed by atoms with Gasteiger partial charge in [0, 0.05) is 18.9 Å². The van der Waals surface area contributed by atoms with Gasteiger partial charge in [-0.3, -0.25) is 0 Å². The Balaban J connectivity index is 1.85. The lowest BCUT2D eigenvalue weighted by atomic mass is 10.3. The topological polar surface area (TPSA) is 58.5 Å². The van der Waals surface area contributed by atoms with Crippen LogP contribution in [0.3, 0.4) is 0 Å². The molecule has 3 rings (SSSR count). The molecule has 2 N–H and O–H groups in total. The lowest BCUT2D eigenvalue weighted by Gasteiger charge is -2.14. The fraction of sp³-hybridized carbons (Fsp3) is 0.333. The van der Waals surface area contributed by atoms with Crippen LogP contribution < -0.4 is 5.32 Å². The maximum absolute atomic E-state index is 4.75. The second-order valence-electron chi connectivity index (χ2n) is 4.84. The van der Waals surface area contributed by atoms with Crippen molar-refractivity contribution in [3.05, 3.63) is 48.3 Å². The van der Waals surface area contributed by atoms with Gasteiger partial charge in [0.2, 0.25) is 0 Å². The third-order valence-corrected chi connectivity index (χ3v) is 3.52. The summed E-state index contributed by atoms with van der Waals surface area (Å²) in [6.07, 6.45) is 3.60. The van der Waals surface area contributed by atoms with Crippen molar-refractivity contribution in [1.29, 1.82) is 0 Å². The summed E-state index contributed by atoms with van der Waals surface area (Å²) in [6.45, 7) is 5.91. The average Bonchev–Trinajstić information content (AvgIpc) is 3.11. The molecule has 0 aliphatic rings. The van der Waals surface area contributed by atoms with Crippen molar-refractivity contribution in [2.75, 3.05) is 0 Å². The molecule has 0 saturated heterocycles. The Kier molecular flexibility index (Phi) is 3.52. The van der Waals surface area contributed by atoms with Gasteiger partial charge in [0.05, 0.1) is 23.6 Å². The standard InChI is InChI=1S/C15H19N5/c1-3-20-13-7-5-4-6-12(13)19-15(20)11(2)18-10-14-16-8-9-17-14/h4-9,11,18H,3,10H2,1-2H3,(H,16,17). The first kappa shape index (κ1) is 12.9. The molecule has 0 aliphatic carbocycles. The van der Waals surface area contributed by atoms with Crippen molar-refractivity contribution in [3.8, 4) is 0 Å². The van der Waals surface area contributed by atoms with Crippen LogP contribution in [0.15, 0.2) is 36.7 Å². The zero-order valence-electron chi connectivity index (χ0n) is 11.8. The third kappa shape index (κ3) is 2.32. The molecule has 0 fully saturated rings. The van der Waals surface area contributed by atoms with Gasteiger partial charge in [-0.25, -0.2) is 9.97 Å². The molecule has 0 amide bonds. The molecule has 5 nitrogen and oxygen atoms in total. The number of imidazole rings is 2. The first-order chi connectivity index (χ1) is 9.79. The molecule has 2 heterocycles. The van der Waals surface area contributed by atoms with Crippen molar-refractivity contribution < 1.29 is 0 Å². The van der Waals surface area contributed by atoms with Gasteiger partial charge in [-0.1, -0.05) is 12.1 Å². The van der Waals surface area contributed by atoms with E-state index in [0.717, 1.165) is 23.7 Å². The largest absolute Gasteiger partial charge is 0.348 e. The second kappa shape index (κ2) is 5.46. The third-order valence-electron chi connectivity index (χ3n) is 3.52. The Morgan fingerprint density at radius 2 is 2.20 bits per heavy atom. The van der Waals surface area contributed by atoms with Crippen LogP contribution in [0.2, 0.25) is 0 Å². The molecule has 0 saturated carbocycles. The molecule has 2 aromatic heterocycles. The number of hydrogen-bond donors (Lipinski definition) is 2. The van der Waals surface area contributed by atoms with Crippen molar-refractivity contribution >= 4 is 11.0 Å². The number of aryl methyl sites for hydroxylation is 1. The molecule has 104 valence electrons. The van der Waals surface area contributed by atoms with E-state index in [1.54, 1.807) is 6.20 Å². The molecule has 0 radical (unpaired) electrons. The molecular formula is C15H19N5. The van der Waals surface area contributed by atoms with Gasteiger partial charge in [0.1, 0.15) is 11.6 Å². The fourth-order valence-electron chi connectivity index (χ4n) is 2.49. The number of fused-ring (bicyclic) bond motifs is 1. The Hall–Kier alpha value is -2.14. The number of aromatic amines is 1. The van der Waals surface area contributed by atoms with Gasteiger partial charge in [-0.2, -0.15) is 0 Å². The summed E-state index contributed by atoms with van der Waals surface area (Å²) in [5, 5.41) is 3.46. The van der Waals surface area contributed by atoms with Crippen LogP contribution in [-0.4, -0.2) is 19.5 Å². The summed E-state index contributed by atoms with van der Waals surface area (Å²) in [5.41, 5.74) is 2.24. The first-order valence-electron chi connectivity index (χ1n) is 6.96. The molecule has 5 heteroatoms. The number of aromatic nitrogens is 4. The quantitative estimate of drug-likeness (QED) is 0.748. The second-order valence-corrected chi connectivity index (χ2v) is 4.84. The molecule has 20 heavy (non-hydrogen) atoms. The van der Waals surface area contributed by atoms with E-state index in [2.05, 4.69) is 51.9 Å². The van der Waals surface area contributed by atoms with Gasteiger partial charge >= 0.3 is 0 Å². The van der Waals surface area contributed by atoms with Crippen LogP contribution in [-0.2, 0) is 13.1 Å². The fourth-order valence-corrected chi connectivity index (χ4v) is 2.49. The summed E-state index contributed by atoms with van der Waals surface area (Å²) < 4.78 is 2.26. The Morgan fingerprint density at radius 3 is 2.95 bits per heavy atom. The van der Waals surface area contributed by atoms with Crippen LogP contribution in [0.25, 0.3) is 11.0 Å². The smallest absolute Gasteiger partial charge is 0.126 e. The molecule has 1 aromatic carbocycles. The van der Waals surface area contributed by atoms with E-state index in [-0.39, 0.29) is 6.04 Å². The molecule has 1 unspecified atom stereocenters.